The molecule has 2 N–H and O–H groups in total. The highest BCUT2D eigenvalue weighted by atomic mass is 35.5. The maximum atomic E-state index is 12.3. The van der Waals surface area contributed by atoms with Crippen LogP contribution in [0.4, 0.5) is 5.69 Å². The lowest BCUT2D eigenvalue weighted by molar-refractivity contribution is -0.145. The van der Waals surface area contributed by atoms with Gasteiger partial charge in [-0.1, -0.05) is 18.5 Å². The molecular weight excluding hydrogens is 292 g/mol. The van der Waals surface area contributed by atoms with Gasteiger partial charge in [-0.05, 0) is 37.0 Å². The molecule has 0 saturated heterocycles. The molecular formula is C15H15ClN2O3. The van der Waals surface area contributed by atoms with Crippen molar-refractivity contribution in [3.63, 3.8) is 0 Å². The van der Waals surface area contributed by atoms with Gasteiger partial charge < -0.3 is 10.4 Å². The molecule has 2 rings (SSSR count). The van der Waals surface area contributed by atoms with Crippen LogP contribution in [0.2, 0.25) is 5.02 Å². The van der Waals surface area contributed by atoms with Crippen LogP contribution in [0.1, 0.15) is 25.3 Å². The van der Waals surface area contributed by atoms with Crippen molar-refractivity contribution in [3.8, 4) is 6.07 Å². The summed E-state index contributed by atoms with van der Waals surface area (Å²) in [6, 6.07) is 6.54. The second-order valence-electron chi connectivity index (χ2n) is 5.42. The number of rotatable bonds is 3. The predicted octanol–water partition coefficient (Wildman–Crippen LogP) is 2.90. The van der Waals surface area contributed by atoms with Crippen molar-refractivity contribution < 1.29 is 14.7 Å². The van der Waals surface area contributed by atoms with Gasteiger partial charge in [-0.3, -0.25) is 9.59 Å². The summed E-state index contributed by atoms with van der Waals surface area (Å²) in [5, 5.41) is 21.3. The number of carbonyl (C=O) groups excluding carboxylic acids is 1. The Labute approximate surface area is 127 Å². The quantitative estimate of drug-likeness (QED) is 0.898. The maximum absolute atomic E-state index is 12.3. The molecule has 0 bridgehead atoms. The van der Waals surface area contributed by atoms with E-state index in [-0.39, 0.29) is 11.8 Å². The van der Waals surface area contributed by atoms with Crippen LogP contribution in [0.3, 0.4) is 0 Å². The minimum absolute atomic E-state index is 0.191. The average molecular weight is 307 g/mol. The van der Waals surface area contributed by atoms with E-state index in [2.05, 4.69) is 5.32 Å². The number of carboxylic acid groups (broad SMARTS) is 1. The summed E-state index contributed by atoms with van der Waals surface area (Å²) in [6.45, 7) is 1.93. The molecule has 1 aliphatic rings. The molecule has 1 fully saturated rings. The monoisotopic (exact) mass is 306 g/mol. The SMILES string of the molecule is CC1CC(C(=O)O)C(C(=O)Nc2cc(Cl)ccc2C#N)C1. The average Bonchev–Trinajstić information content (AvgIpc) is 2.81. The molecule has 3 unspecified atom stereocenters. The van der Waals surface area contributed by atoms with E-state index in [9.17, 15) is 14.7 Å². The number of nitriles is 1. The summed E-state index contributed by atoms with van der Waals surface area (Å²) in [5.74, 6) is -2.39. The molecule has 5 nitrogen and oxygen atoms in total. The first-order valence-electron chi connectivity index (χ1n) is 6.65. The molecule has 1 aromatic carbocycles. The Kier molecular flexibility index (Phi) is 4.49. The van der Waals surface area contributed by atoms with Gasteiger partial charge in [-0.15, -0.1) is 0 Å². The van der Waals surface area contributed by atoms with E-state index in [1.54, 1.807) is 6.07 Å². The van der Waals surface area contributed by atoms with E-state index >= 15 is 0 Å². The lowest BCUT2D eigenvalue weighted by Gasteiger charge is -2.16. The van der Waals surface area contributed by atoms with Crippen molar-refractivity contribution in [2.75, 3.05) is 5.32 Å². The Balaban J connectivity index is 2.20. The molecule has 1 aromatic rings. The lowest BCUT2D eigenvalue weighted by Crippen LogP contribution is -2.30. The zero-order chi connectivity index (χ0) is 15.6. The van der Waals surface area contributed by atoms with Crippen molar-refractivity contribution in [2.45, 2.75) is 19.8 Å². The van der Waals surface area contributed by atoms with E-state index in [0.29, 0.717) is 29.1 Å². The Bertz CT molecular complexity index is 624. The zero-order valence-corrected chi connectivity index (χ0v) is 12.2. The summed E-state index contributed by atoms with van der Waals surface area (Å²) in [5.41, 5.74) is 0.615. The second kappa shape index (κ2) is 6.15. The number of nitrogens with one attached hydrogen (secondary N) is 1. The normalized spacial score (nSPS) is 24.3. The van der Waals surface area contributed by atoms with E-state index in [1.165, 1.54) is 12.1 Å². The number of aliphatic carboxylic acids is 1. The second-order valence-corrected chi connectivity index (χ2v) is 5.86. The highest BCUT2D eigenvalue weighted by molar-refractivity contribution is 6.31. The number of benzene rings is 1. The molecule has 0 radical (unpaired) electrons. The Hall–Kier alpha value is -2.06. The fourth-order valence-electron chi connectivity index (χ4n) is 2.80. The molecule has 21 heavy (non-hydrogen) atoms. The summed E-state index contributed by atoms with van der Waals surface area (Å²) in [4.78, 5) is 23.6. The van der Waals surface area contributed by atoms with Gasteiger partial charge in [0.25, 0.3) is 0 Å². The Morgan fingerprint density at radius 3 is 2.67 bits per heavy atom. The minimum Gasteiger partial charge on any atom is -0.481 e. The van der Waals surface area contributed by atoms with Gasteiger partial charge in [-0.2, -0.15) is 5.26 Å². The fraction of sp³-hybridized carbons (Fsp3) is 0.400. The fourth-order valence-corrected chi connectivity index (χ4v) is 2.97. The first-order valence-corrected chi connectivity index (χ1v) is 7.03. The molecule has 110 valence electrons. The molecule has 6 heteroatoms. The van der Waals surface area contributed by atoms with Gasteiger partial charge in [-0.25, -0.2) is 0 Å². The van der Waals surface area contributed by atoms with Crippen molar-refractivity contribution in [1.82, 2.24) is 0 Å². The highest BCUT2D eigenvalue weighted by Crippen LogP contribution is 2.37. The number of hydrogen-bond donors (Lipinski definition) is 2. The number of carbonyl (C=O) groups is 2. The van der Waals surface area contributed by atoms with E-state index in [4.69, 9.17) is 16.9 Å². The standard InChI is InChI=1S/C15H15ClN2O3/c1-8-4-11(12(5-8)15(20)21)14(19)18-13-6-10(16)3-2-9(13)7-17/h2-3,6,8,11-12H,4-5H2,1H3,(H,18,19)(H,20,21). The molecule has 3 atom stereocenters. The molecule has 0 aliphatic heterocycles. The molecule has 1 amide bonds. The molecule has 1 saturated carbocycles. The number of anilines is 1. The van der Waals surface area contributed by atoms with Gasteiger partial charge in [0, 0.05) is 5.02 Å². The smallest absolute Gasteiger partial charge is 0.307 e. The van der Waals surface area contributed by atoms with Crippen LogP contribution in [0.15, 0.2) is 18.2 Å². The van der Waals surface area contributed by atoms with Gasteiger partial charge in [0.05, 0.1) is 23.1 Å². The number of hydrogen-bond acceptors (Lipinski definition) is 3. The first kappa shape index (κ1) is 15.3. The molecule has 0 aromatic heterocycles. The van der Waals surface area contributed by atoms with Crippen molar-refractivity contribution >= 4 is 29.2 Å². The Morgan fingerprint density at radius 1 is 1.38 bits per heavy atom. The van der Waals surface area contributed by atoms with Crippen molar-refractivity contribution in [2.24, 2.45) is 17.8 Å². The van der Waals surface area contributed by atoms with Gasteiger partial charge in [0.1, 0.15) is 6.07 Å². The summed E-state index contributed by atoms with van der Waals surface area (Å²) >= 11 is 5.86. The zero-order valence-electron chi connectivity index (χ0n) is 11.5. The van der Waals surface area contributed by atoms with E-state index in [1.807, 2.05) is 13.0 Å². The van der Waals surface area contributed by atoms with Crippen LogP contribution in [0.5, 0.6) is 0 Å². The number of amides is 1. The number of halogens is 1. The van der Waals surface area contributed by atoms with Crippen LogP contribution in [0, 0.1) is 29.1 Å². The van der Waals surface area contributed by atoms with Crippen LogP contribution < -0.4 is 5.32 Å². The van der Waals surface area contributed by atoms with Gasteiger partial charge in [0.2, 0.25) is 5.91 Å². The van der Waals surface area contributed by atoms with E-state index in [0.717, 1.165) is 0 Å². The largest absolute Gasteiger partial charge is 0.481 e. The highest BCUT2D eigenvalue weighted by Gasteiger charge is 2.41. The summed E-state index contributed by atoms with van der Waals surface area (Å²) in [6.07, 6.45) is 1.03. The predicted molar refractivity (Wildman–Crippen MR) is 77.8 cm³/mol. The molecule has 0 spiro atoms. The van der Waals surface area contributed by atoms with Gasteiger partial charge >= 0.3 is 5.97 Å². The minimum atomic E-state index is -0.953. The Morgan fingerprint density at radius 2 is 2.05 bits per heavy atom. The van der Waals surface area contributed by atoms with Crippen LogP contribution in [0.25, 0.3) is 0 Å². The summed E-state index contributed by atoms with van der Waals surface area (Å²) < 4.78 is 0. The van der Waals surface area contributed by atoms with Crippen molar-refractivity contribution in [1.29, 1.82) is 5.26 Å². The van der Waals surface area contributed by atoms with E-state index < -0.39 is 17.8 Å². The first-order chi connectivity index (χ1) is 9.92. The van der Waals surface area contributed by atoms with Crippen molar-refractivity contribution in [3.05, 3.63) is 28.8 Å². The third-order valence-electron chi connectivity index (χ3n) is 3.81. The third-order valence-corrected chi connectivity index (χ3v) is 4.05. The van der Waals surface area contributed by atoms with Gasteiger partial charge in [0.15, 0.2) is 0 Å². The van der Waals surface area contributed by atoms with Crippen LogP contribution in [-0.2, 0) is 9.59 Å². The molecule has 1 aliphatic carbocycles. The maximum Gasteiger partial charge on any atom is 0.307 e. The molecule has 0 heterocycles. The number of nitrogens with zero attached hydrogens (tertiary/aromatic N) is 1. The topological polar surface area (TPSA) is 90.2 Å². The summed E-state index contributed by atoms with van der Waals surface area (Å²) in [7, 11) is 0. The van der Waals surface area contributed by atoms with Crippen LogP contribution in [-0.4, -0.2) is 17.0 Å². The number of carboxylic acids is 1. The third kappa shape index (κ3) is 3.34. The lowest BCUT2D eigenvalue weighted by atomic mass is 9.95. The van der Waals surface area contributed by atoms with Crippen LogP contribution >= 0.6 is 11.6 Å².